The first kappa shape index (κ1) is 18.1. The number of nitrogens with two attached hydrogens (primary N) is 1. The molecule has 2 rings (SSSR count). The number of hydrogen-bond donors (Lipinski definition) is 2. The van der Waals surface area contributed by atoms with Crippen molar-refractivity contribution in [3.05, 3.63) is 63.6 Å². The van der Waals surface area contributed by atoms with Crippen molar-refractivity contribution in [2.24, 2.45) is 5.73 Å². The molecule has 0 aliphatic heterocycles. The van der Waals surface area contributed by atoms with Crippen LogP contribution < -0.4 is 10.5 Å². The molecule has 0 aliphatic rings. The van der Waals surface area contributed by atoms with Gasteiger partial charge < -0.3 is 15.6 Å². The van der Waals surface area contributed by atoms with Gasteiger partial charge in [-0.15, -0.1) is 0 Å². The Kier molecular flexibility index (Phi) is 6.31. The standard InChI is InChI=1S/C18H21Cl2NO2/c1-3-11(2)23-14-7-4-12(5-8-14)18(22)17(21)13-6-9-15(19)16(20)10-13/h4-11,17-18,22H,3,21H2,1-2H3/t11?,17-,18+/m1/s1. The van der Waals surface area contributed by atoms with E-state index in [9.17, 15) is 5.11 Å². The maximum absolute atomic E-state index is 10.5. The Bertz CT molecular complexity index is 646. The Morgan fingerprint density at radius 2 is 1.65 bits per heavy atom. The zero-order valence-corrected chi connectivity index (χ0v) is 14.7. The molecule has 5 heteroatoms. The van der Waals surface area contributed by atoms with Crippen LogP contribution in [0.15, 0.2) is 42.5 Å². The van der Waals surface area contributed by atoms with E-state index in [4.69, 9.17) is 33.7 Å². The number of rotatable bonds is 6. The maximum atomic E-state index is 10.5. The molecule has 3 atom stereocenters. The molecule has 0 amide bonds. The van der Waals surface area contributed by atoms with Crippen LogP contribution in [0, 0.1) is 0 Å². The monoisotopic (exact) mass is 353 g/mol. The van der Waals surface area contributed by atoms with E-state index in [-0.39, 0.29) is 6.10 Å². The first-order valence-electron chi connectivity index (χ1n) is 7.57. The van der Waals surface area contributed by atoms with E-state index in [1.807, 2.05) is 31.2 Å². The summed E-state index contributed by atoms with van der Waals surface area (Å²) in [6, 6.07) is 11.8. The molecule has 23 heavy (non-hydrogen) atoms. The number of halogens is 2. The molecule has 0 fully saturated rings. The van der Waals surface area contributed by atoms with E-state index in [2.05, 4.69) is 6.92 Å². The van der Waals surface area contributed by atoms with E-state index in [0.29, 0.717) is 10.0 Å². The summed E-state index contributed by atoms with van der Waals surface area (Å²) in [4.78, 5) is 0. The third kappa shape index (κ3) is 4.61. The number of hydrogen-bond acceptors (Lipinski definition) is 3. The van der Waals surface area contributed by atoms with Crippen molar-refractivity contribution in [2.75, 3.05) is 0 Å². The second-order valence-electron chi connectivity index (χ2n) is 5.55. The smallest absolute Gasteiger partial charge is 0.119 e. The third-order valence-corrected chi connectivity index (χ3v) is 4.54. The van der Waals surface area contributed by atoms with Gasteiger partial charge in [0.1, 0.15) is 5.75 Å². The van der Waals surface area contributed by atoms with Gasteiger partial charge in [0, 0.05) is 0 Å². The summed E-state index contributed by atoms with van der Waals surface area (Å²) in [6.07, 6.45) is 0.251. The first-order valence-corrected chi connectivity index (χ1v) is 8.33. The predicted molar refractivity (Wildman–Crippen MR) is 95.2 cm³/mol. The molecule has 1 unspecified atom stereocenters. The highest BCUT2D eigenvalue weighted by Crippen LogP contribution is 2.31. The van der Waals surface area contributed by atoms with Crippen LogP contribution in [0.1, 0.15) is 43.5 Å². The lowest BCUT2D eigenvalue weighted by molar-refractivity contribution is 0.146. The van der Waals surface area contributed by atoms with Gasteiger partial charge in [0.25, 0.3) is 0 Å². The normalized spacial score (nSPS) is 15.0. The van der Waals surface area contributed by atoms with Gasteiger partial charge in [-0.1, -0.05) is 48.3 Å². The lowest BCUT2D eigenvalue weighted by atomic mass is 9.96. The lowest BCUT2D eigenvalue weighted by Crippen LogP contribution is -2.19. The molecule has 0 saturated heterocycles. The Hall–Kier alpha value is -1.26. The maximum Gasteiger partial charge on any atom is 0.119 e. The molecule has 0 bridgehead atoms. The van der Waals surface area contributed by atoms with Gasteiger partial charge >= 0.3 is 0 Å². The Labute approximate surface area is 147 Å². The van der Waals surface area contributed by atoms with E-state index >= 15 is 0 Å². The molecule has 0 spiro atoms. The van der Waals surface area contributed by atoms with E-state index in [1.54, 1.807) is 18.2 Å². The van der Waals surface area contributed by atoms with Gasteiger partial charge in [-0.2, -0.15) is 0 Å². The molecular formula is C18H21Cl2NO2. The summed E-state index contributed by atoms with van der Waals surface area (Å²) < 4.78 is 5.73. The van der Waals surface area contributed by atoms with Crippen LogP contribution in [0.2, 0.25) is 10.0 Å². The van der Waals surface area contributed by atoms with Gasteiger partial charge in [-0.25, -0.2) is 0 Å². The van der Waals surface area contributed by atoms with Crippen LogP contribution in [0.25, 0.3) is 0 Å². The highest BCUT2D eigenvalue weighted by Gasteiger charge is 2.19. The van der Waals surface area contributed by atoms with Gasteiger partial charge in [-0.3, -0.25) is 0 Å². The van der Waals surface area contributed by atoms with Crippen molar-refractivity contribution in [2.45, 2.75) is 38.5 Å². The molecule has 2 aromatic carbocycles. The Balaban J connectivity index is 2.12. The third-order valence-electron chi connectivity index (χ3n) is 3.80. The van der Waals surface area contributed by atoms with Crippen molar-refractivity contribution >= 4 is 23.2 Å². The largest absolute Gasteiger partial charge is 0.491 e. The molecule has 3 nitrogen and oxygen atoms in total. The Morgan fingerprint density at radius 1 is 1.04 bits per heavy atom. The van der Waals surface area contributed by atoms with Crippen LogP contribution in [0.4, 0.5) is 0 Å². The zero-order chi connectivity index (χ0) is 17.0. The Morgan fingerprint density at radius 3 is 2.22 bits per heavy atom. The zero-order valence-electron chi connectivity index (χ0n) is 13.2. The molecule has 0 saturated carbocycles. The SMILES string of the molecule is CCC(C)Oc1ccc([C@H](O)[C@H](N)c2ccc(Cl)c(Cl)c2)cc1. The van der Waals surface area contributed by atoms with E-state index in [1.165, 1.54) is 0 Å². The summed E-state index contributed by atoms with van der Waals surface area (Å²) in [7, 11) is 0. The fourth-order valence-corrected chi connectivity index (χ4v) is 2.48. The molecule has 0 radical (unpaired) electrons. The fourth-order valence-electron chi connectivity index (χ4n) is 2.17. The van der Waals surface area contributed by atoms with Crippen LogP contribution in [0.3, 0.4) is 0 Å². The molecule has 2 aromatic rings. The molecule has 0 heterocycles. The molecule has 3 N–H and O–H groups in total. The van der Waals surface area contributed by atoms with Crippen LogP contribution in [-0.2, 0) is 0 Å². The molecule has 0 aromatic heterocycles. The van der Waals surface area contributed by atoms with Gasteiger partial charge in [0.05, 0.1) is 28.3 Å². The summed E-state index contributed by atoms with van der Waals surface area (Å²) in [6.45, 7) is 4.09. The molecular weight excluding hydrogens is 333 g/mol. The van der Waals surface area contributed by atoms with Crippen molar-refractivity contribution in [3.8, 4) is 5.75 Å². The van der Waals surface area contributed by atoms with E-state index < -0.39 is 12.1 Å². The van der Waals surface area contributed by atoms with Crippen LogP contribution in [0.5, 0.6) is 5.75 Å². The molecule has 124 valence electrons. The quantitative estimate of drug-likeness (QED) is 0.775. The van der Waals surface area contributed by atoms with Crippen molar-refractivity contribution in [1.82, 2.24) is 0 Å². The highest BCUT2D eigenvalue weighted by molar-refractivity contribution is 6.42. The van der Waals surface area contributed by atoms with Crippen molar-refractivity contribution in [3.63, 3.8) is 0 Å². The van der Waals surface area contributed by atoms with Gasteiger partial charge in [0.15, 0.2) is 0 Å². The second kappa shape index (κ2) is 8.02. The fraction of sp³-hybridized carbons (Fsp3) is 0.333. The summed E-state index contributed by atoms with van der Waals surface area (Å²) >= 11 is 11.9. The van der Waals surface area contributed by atoms with E-state index in [0.717, 1.165) is 23.3 Å². The van der Waals surface area contributed by atoms with Crippen molar-refractivity contribution in [1.29, 1.82) is 0 Å². The topological polar surface area (TPSA) is 55.5 Å². The number of ether oxygens (including phenoxy) is 1. The highest BCUT2D eigenvalue weighted by atomic mass is 35.5. The first-order chi connectivity index (χ1) is 10.9. The average Bonchev–Trinajstić information content (AvgIpc) is 2.56. The molecule has 0 aliphatic carbocycles. The summed E-state index contributed by atoms with van der Waals surface area (Å²) in [5.41, 5.74) is 7.60. The minimum absolute atomic E-state index is 0.157. The number of aliphatic hydroxyl groups excluding tert-OH is 1. The van der Waals surface area contributed by atoms with Crippen molar-refractivity contribution < 1.29 is 9.84 Å². The number of aliphatic hydroxyl groups is 1. The minimum Gasteiger partial charge on any atom is -0.491 e. The van der Waals surface area contributed by atoms with Crippen LogP contribution in [-0.4, -0.2) is 11.2 Å². The van der Waals surface area contributed by atoms with Crippen LogP contribution >= 0.6 is 23.2 Å². The number of benzene rings is 2. The van der Waals surface area contributed by atoms with Gasteiger partial charge in [-0.05, 0) is 48.7 Å². The average molecular weight is 354 g/mol. The predicted octanol–water partition coefficient (Wildman–Crippen LogP) is 4.90. The summed E-state index contributed by atoms with van der Waals surface area (Å²) in [5.74, 6) is 0.776. The summed E-state index contributed by atoms with van der Waals surface area (Å²) in [5, 5.41) is 11.4. The second-order valence-corrected chi connectivity index (χ2v) is 6.36. The lowest BCUT2D eigenvalue weighted by Gasteiger charge is -2.20. The van der Waals surface area contributed by atoms with Gasteiger partial charge in [0.2, 0.25) is 0 Å². The minimum atomic E-state index is -0.843.